The zero-order valence-electron chi connectivity index (χ0n) is 12.9. The van der Waals surface area contributed by atoms with Crippen LogP contribution in [-0.4, -0.2) is 16.5 Å². The molecule has 3 aromatic rings. The van der Waals surface area contributed by atoms with Gasteiger partial charge < -0.3 is 4.90 Å². The summed E-state index contributed by atoms with van der Waals surface area (Å²) in [4.78, 5) is 18.5. The Morgan fingerprint density at radius 3 is 2.75 bits per heavy atom. The highest BCUT2D eigenvalue weighted by atomic mass is 32.1. The van der Waals surface area contributed by atoms with Gasteiger partial charge in [0.25, 0.3) is 5.69 Å². The van der Waals surface area contributed by atoms with E-state index in [-0.39, 0.29) is 10.6 Å². The van der Waals surface area contributed by atoms with Crippen LogP contribution < -0.4 is 4.90 Å². The Balaban J connectivity index is 1.60. The van der Waals surface area contributed by atoms with Crippen LogP contribution in [0.4, 0.5) is 10.8 Å². The average Bonchev–Trinajstić information content (AvgIpc) is 3.11. The number of hydrogen-bond acceptors (Lipinski definition) is 5. The van der Waals surface area contributed by atoms with Crippen LogP contribution in [0.25, 0.3) is 10.4 Å². The minimum absolute atomic E-state index is 0.153. The van der Waals surface area contributed by atoms with Gasteiger partial charge in [-0.1, -0.05) is 47.7 Å². The van der Waals surface area contributed by atoms with Gasteiger partial charge in [-0.3, -0.25) is 10.1 Å². The number of rotatable bonds is 3. The molecule has 2 aromatic carbocycles. The maximum atomic E-state index is 11.0. The lowest BCUT2D eigenvalue weighted by Crippen LogP contribution is -2.30. The molecule has 0 aliphatic carbocycles. The number of thiazole rings is 1. The molecule has 0 N–H and O–H groups in total. The fraction of sp³-hybridized carbons (Fsp3) is 0.167. The first-order chi connectivity index (χ1) is 11.7. The number of hydrogen-bond donors (Lipinski definition) is 0. The van der Waals surface area contributed by atoms with E-state index in [2.05, 4.69) is 22.0 Å². The molecule has 0 unspecified atom stereocenters. The van der Waals surface area contributed by atoms with E-state index in [4.69, 9.17) is 0 Å². The van der Waals surface area contributed by atoms with Gasteiger partial charge in [-0.25, -0.2) is 4.98 Å². The third-order valence-corrected chi connectivity index (χ3v) is 5.34. The van der Waals surface area contributed by atoms with Crippen molar-refractivity contribution in [2.45, 2.75) is 13.0 Å². The average molecular weight is 337 g/mol. The number of benzene rings is 2. The van der Waals surface area contributed by atoms with E-state index >= 15 is 0 Å². The van der Waals surface area contributed by atoms with Gasteiger partial charge in [0.05, 0.1) is 9.80 Å². The van der Waals surface area contributed by atoms with E-state index in [0.717, 1.165) is 34.1 Å². The van der Waals surface area contributed by atoms with Gasteiger partial charge in [0.15, 0.2) is 5.13 Å². The third kappa shape index (κ3) is 2.76. The summed E-state index contributed by atoms with van der Waals surface area (Å²) >= 11 is 1.66. The number of nitro benzene ring substituents is 1. The number of nitro groups is 1. The smallest absolute Gasteiger partial charge is 0.269 e. The molecule has 0 radical (unpaired) electrons. The molecule has 0 saturated heterocycles. The number of anilines is 1. The van der Waals surface area contributed by atoms with Crippen molar-refractivity contribution in [1.29, 1.82) is 0 Å². The number of aromatic nitrogens is 1. The summed E-state index contributed by atoms with van der Waals surface area (Å²) in [5.74, 6) is 0. The lowest BCUT2D eigenvalue weighted by Gasteiger charge is -2.28. The third-order valence-electron chi connectivity index (χ3n) is 4.24. The molecule has 1 aliphatic rings. The molecule has 0 saturated carbocycles. The molecule has 0 bridgehead atoms. The Bertz CT molecular complexity index is 892. The Kier molecular flexibility index (Phi) is 3.74. The van der Waals surface area contributed by atoms with Crippen molar-refractivity contribution in [3.05, 3.63) is 76.0 Å². The lowest BCUT2D eigenvalue weighted by molar-refractivity contribution is -0.384. The highest BCUT2D eigenvalue weighted by Crippen LogP contribution is 2.34. The van der Waals surface area contributed by atoms with E-state index in [1.807, 2.05) is 30.5 Å². The van der Waals surface area contributed by atoms with Gasteiger partial charge in [-0.15, -0.1) is 0 Å². The number of non-ortho nitro benzene ring substituents is 1. The summed E-state index contributed by atoms with van der Waals surface area (Å²) in [7, 11) is 0. The SMILES string of the molecule is O=[N+]([O-])c1ccc2c(c1)CN(c1ncc(-c3ccccc3)s1)CC2. The van der Waals surface area contributed by atoms with Crippen molar-refractivity contribution in [3.8, 4) is 10.4 Å². The highest BCUT2D eigenvalue weighted by Gasteiger charge is 2.21. The molecule has 1 aliphatic heterocycles. The van der Waals surface area contributed by atoms with Crippen molar-refractivity contribution in [3.63, 3.8) is 0 Å². The van der Waals surface area contributed by atoms with Crippen LogP contribution >= 0.6 is 11.3 Å². The van der Waals surface area contributed by atoms with Crippen LogP contribution in [0.1, 0.15) is 11.1 Å². The lowest BCUT2D eigenvalue weighted by atomic mass is 9.99. The Hall–Kier alpha value is -2.73. The summed E-state index contributed by atoms with van der Waals surface area (Å²) in [5.41, 5.74) is 3.53. The quantitative estimate of drug-likeness (QED) is 0.529. The molecule has 0 fully saturated rings. The van der Waals surface area contributed by atoms with Crippen molar-refractivity contribution >= 4 is 22.2 Å². The molecule has 6 heteroatoms. The van der Waals surface area contributed by atoms with Crippen molar-refractivity contribution < 1.29 is 4.92 Å². The zero-order chi connectivity index (χ0) is 16.5. The topological polar surface area (TPSA) is 59.3 Å². The summed E-state index contributed by atoms with van der Waals surface area (Å²) < 4.78 is 0. The van der Waals surface area contributed by atoms with Gasteiger partial charge >= 0.3 is 0 Å². The molecule has 5 nitrogen and oxygen atoms in total. The van der Waals surface area contributed by atoms with E-state index in [1.54, 1.807) is 23.5 Å². The molecule has 0 atom stereocenters. The van der Waals surface area contributed by atoms with Crippen LogP contribution in [0, 0.1) is 10.1 Å². The molecule has 1 aromatic heterocycles. The predicted octanol–water partition coefficient (Wildman–Crippen LogP) is 4.28. The van der Waals surface area contributed by atoms with Crippen molar-refractivity contribution in [2.24, 2.45) is 0 Å². The standard InChI is InChI=1S/C18H15N3O2S/c22-21(23)16-7-6-13-8-9-20(12-15(13)10-16)18-19-11-17(24-18)14-4-2-1-3-5-14/h1-7,10-11H,8-9,12H2. The molecule has 120 valence electrons. The highest BCUT2D eigenvalue weighted by molar-refractivity contribution is 7.18. The summed E-state index contributed by atoms with van der Waals surface area (Å²) in [5, 5.41) is 11.9. The molecule has 4 rings (SSSR count). The molecular formula is C18H15N3O2S. The van der Waals surface area contributed by atoms with Crippen LogP contribution in [-0.2, 0) is 13.0 Å². The summed E-state index contributed by atoms with van der Waals surface area (Å²) in [6.45, 7) is 1.55. The normalized spacial score (nSPS) is 13.6. The van der Waals surface area contributed by atoms with Gasteiger partial charge in [0.2, 0.25) is 0 Å². The number of nitrogens with zero attached hydrogens (tertiary/aromatic N) is 3. The molecule has 24 heavy (non-hydrogen) atoms. The fourth-order valence-corrected chi connectivity index (χ4v) is 3.91. The minimum Gasteiger partial charge on any atom is -0.343 e. The Labute approximate surface area is 143 Å². The van der Waals surface area contributed by atoms with Crippen molar-refractivity contribution in [2.75, 3.05) is 11.4 Å². The van der Waals surface area contributed by atoms with E-state index in [1.165, 1.54) is 5.56 Å². The van der Waals surface area contributed by atoms with Crippen LogP contribution in [0.15, 0.2) is 54.7 Å². The first kappa shape index (κ1) is 14.8. The summed E-state index contributed by atoms with van der Waals surface area (Å²) in [6.07, 6.45) is 2.78. The first-order valence-electron chi connectivity index (χ1n) is 7.73. The Morgan fingerprint density at radius 1 is 1.12 bits per heavy atom. The minimum atomic E-state index is -0.337. The van der Waals surface area contributed by atoms with E-state index < -0.39 is 0 Å². The molecule has 0 amide bonds. The van der Waals surface area contributed by atoms with Crippen LogP contribution in [0.2, 0.25) is 0 Å². The van der Waals surface area contributed by atoms with E-state index in [0.29, 0.717) is 6.54 Å². The monoisotopic (exact) mass is 337 g/mol. The van der Waals surface area contributed by atoms with Gasteiger partial charge in [-0.2, -0.15) is 0 Å². The molecule has 2 heterocycles. The van der Waals surface area contributed by atoms with Gasteiger partial charge in [0.1, 0.15) is 0 Å². The van der Waals surface area contributed by atoms with Gasteiger partial charge in [-0.05, 0) is 23.1 Å². The van der Waals surface area contributed by atoms with Gasteiger partial charge in [0, 0.05) is 31.4 Å². The fourth-order valence-electron chi connectivity index (χ4n) is 2.97. The summed E-state index contributed by atoms with van der Waals surface area (Å²) in [6, 6.07) is 15.3. The van der Waals surface area contributed by atoms with Crippen LogP contribution in [0.3, 0.4) is 0 Å². The maximum absolute atomic E-state index is 11.0. The zero-order valence-corrected chi connectivity index (χ0v) is 13.7. The maximum Gasteiger partial charge on any atom is 0.269 e. The predicted molar refractivity (Wildman–Crippen MR) is 95.4 cm³/mol. The largest absolute Gasteiger partial charge is 0.343 e. The molecular weight excluding hydrogens is 322 g/mol. The second-order valence-electron chi connectivity index (χ2n) is 5.75. The van der Waals surface area contributed by atoms with E-state index in [9.17, 15) is 10.1 Å². The second-order valence-corrected chi connectivity index (χ2v) is 6.76. The number of fused-ring (bicyclic) bond motifs is 1. The van der Waals surface area contributed by atoms with Crippen molar-refractivity contribution in [1.82, 2.24) is 4.98 Å². The van der Waals surface area contributed by atoms with Crippen LogP contribution in [0.5, 0.6) is 0 Å². The Morgan fingerprint density at radius 2 is 1.96 bits per heavy atom. The molecule has 0 spiro atoms. The second kappa shape index (κ2) is 6.05. The first-order valence-corrected chi connectivity index (χ1v) is 8.55.